The van der Waals surface area contributed by atoms with Crippen molar-refractivity contribution in [3.05, 3.63) is 52.6 Å². The van der Waals surface area contributed by atoms with E-state index in [-0.39, 0.29) is 23.8 Å². The highest BCUT2D eigenvalue weighted by atomic mass is 32.2. The molecule has 4 N–H and O–H groups in total. The van der Waals surface area contributed by atoms with Crippen molar-refractivity contribution in [2.45, 2.75) is 56.1 Å². The molecule has 3 heterocycles. The highest BCUT2D eigenvalue weighted by Gasteiger charge is 2.38. The third-order valence-corrected chi connectivity index (χ3v) is 9.07. The fourth-order valence-corrected chi connectivity index (χ4v) is 6.62. The van der Waals surface area contributed by atoms with Gasteiger partial charge in [0.1, 0.15) is 12.1 Å². The zero-order chi connectivity index (χ0) is 28.3. The molecule has 4 rings (SSSR count). The molecule has 0 fully saturated rings. The van der Waals surface area contributed by atoms with Gasteiger partial charge in [-0.1, -0.05) is 29.4 Å². The predicted molar refractivity (Wildman–Crippen MR) is 147 cm³/mol. The SMILES string of the molecule is COC(=O)[C@H]1CC(C)=CCN1C(=O)[C@H](CC1=CCCN(C(=N)N)C1)NS(=O)(=O)c1ccc2c(c1)CN(C)CC2. The van der Waals surface area contributed by atoms with Gasteiger partial charge in [-0.15, -0.1) is 0 Å². The van der Waals surface area contributed by atoms with Crippen molar-refractivity contribution in [1.29, 1.82) is 5.41 Å². The number of guanidine groups is 1. The number of likely N-dealkylation sites (N-methyl/N-ethyl adjacent to an activating group) is 1. The van der Waals surface area contributed by atoms with Crippen LogP contribution in [-0.2, 0) is 37.3 Å². The molecule has 12 heteroatoms. The zero-order valence-corrected chi connectivity index (χ0v) is 23.6. The number of esters is 1. The molecule has 212 valence electrons. The molecular weight excluding hydrogens is 520 g/mol. The molecule has 0 bridgehead atoms. The third-order valence-electron chi connectivity index (χ3n) is 7.60. The van der Waals surface area contributed by atoms with Gasteiger partial charge >= 0.3 is 5.97 Å². The molecule has 2 atom stereocenters. The van der Waals surface area contributed by atoms with E-state index in [1.165, 1.54) is 12.0 Å². The van der Waals surface area contributed by atoms with Crippen LogP contribution in [0.5, 0.6) is 0 Å². The summed E-state index contributed by atoms with van der Waals surface area (Å²) in [7, 11) is -0.819. The van der Waals surface area contributed by atoms with Crippen molar-refractivity contribution in [3.8, 4) is 0 Å². The average molecular weight is 559 g/mol. The highest BCUT2D eigenvalue weighted by Crippen LogP contribution is 2.25. The van der Waals surface area contributed by atoms with E-state index in [9.17, 15) is 18.0 Å². The second-order valence-electron chi connectivity index (χ2n) is 10.5. The molecule has 0 saturated heterocycles. The van der Waals surface area contributed by atoms with Crippen LogP contribution in [-0.4, -0.2) is 93.4 Å². The van der Waals surface area contributed by atoms with Gasteiger partial charge in [0.15, 0.2) is 5.96 Å². The molecule has 0 unspecified atom stereocenters. The van der Waals surface area contributed by atoms with Crippen LogP contribution < -0.4 is 10.5 Å². The van der Waals surface area contributed by atoms with E-state index in [0.29, 0.717) is 32.5 Å². The molecule has 11 nitrogen and oxygen atoms in total. The van der Waals surface area contributed by atoms with Gasteiger partial charge in [0, 0.05) is 32.7 Å². The van der Waals surface area contributed by atoms with Crippen molar-refractivity contribution < 1.29 is 22.7 Å². The standard InChI is InChI=1S/C27H38N6O5S/c1-18-8-12-33(24(13-18)26(35)38-3)25(34)23(14-19-5-4-10-32(16-19)27(28)29)30-39(36,37)22-7-6-20-9-11-31(2)17-21(20)15-22/h5-8,15,23-24,30H,4,9-14,16-17H2,1-3H3,(H3,28,29)/t23-,24+/m0/s1. The smallest absolute Gasteiger partial charge is 0.328 e. The Morgan fingerprint density at radius 3 is 2.69 bits per heavy atom. The summed E-state index contributed by atoms with van der Waals surface area (Å²) in [6.45, 7) is 4.51. The van der Waals surface area contributed by atoms with Crippen LogP contribution in [0.15, 0.2) is 46.4 Å². The van der Waals surface area contributed by atoms with Crippen LogP contribution in [0.25, 0.3) is 0 Å². The Morgan fingerprint density at radius 2 is 1.97 bits per heavy atom. The molecule has 0 aliphatic carbocycles. The Labute approximate surface area is 230 Å². The Morgan fingerprint density at radius 1 is 1.21 bits per heavy atom. The first-order chi connectivity index (χ1) is 18.5. The monoisotopic (exact) mass is 558 g/mol. The van der Waals surface area contributed by atoms with E-state index in [1.54, 1.807) is 17.0 Å². The number of nitrogens with two attached hydrogens (primary N) is 1. The summed E-state index contributed by atoms with van der Waals surface area (Å²) < 4.78 is 34.9. The maximum Gasteiger partial charge on any atom is 0.328 e. The Hall–Kier alpha value is -3.22. The number of hydrogen-bond acceptors (Lipinski definition) is 7. The molecule has 3 aliphatic rings. The summed E-state index contributed by atoms with van der Waals surface area (Å²) in [5.41, 5.74) is 9.51. The predicted octanol–water partition coefficient (Wildman–Crippen LogP) is 0.957. The lowest BCUT2D eigenvalue weighted by Gasteiger charge is -2.36. The lowest BCUT2D eigenvalue weighted by molar-refractivity contribution is -0.153. The van der Waals surface area contributed by atoms with E-state index < -0.39 is 34.0 Å². The van der Waals surface area contributed by atoms with Gasteiger partial charge in [-0.05, 0) is 62.9 Å². The molecule has 1 aromatic carbocycles. The van der Waals surface area contributed by atoms with Crippen molar-refractivity contribution in [2.75, 3.05) is 40.3 Å². The van der Waals surface area contributed by atoms with E-state index in [2.05, 4.69) is 9.62 Å². The van der Waals surface area contributed by atoms with Crippen LogP contribution in [0.3, 0.4) is 0 Å². The fraction of sp³-hybridized carbons (Fsp3) is 0.519. The van der Waals surface area contributed by atoms with Crippen molar-refractivity contribution >= 4 is 27.9 Å². The largest absolute Gasteiger partial charge is 0.467 e. The highest BCUT2D eigenvalue weighted by molar-refractivity contribution is 7.89. The molecule has 1 amide bonds. The van der Waals surface area contributed by atoms with Gasteiger partial charge < -0.3 is 25.2 Å². The molecule has 1 aromatic rings. The van der Waals surface area contributed by atoms with Gasteiger partial charge in [0.25, 0.3) is 0 Å². The number of benzene rings is 1. The van der Waals surface area contributed by atoms with Crippen LogP contribution in [0.4, 0.5) is 0 Å². The summed E-state index contributed by atoms with van der Waals surface area (Å²) in [4.78, 5) is 31.8. The first-order valence-electron chi connectivity index (χ1n) is 13.1. The number of ether oxygens (including phenoxy) is 1. The van der Waals surface area contributed by atoms with Crippen LogP contribution >= 0.6 is 0 Å². The van der Waals surface area contributed by atoms with E-state index >= 15 is 0 Å². The van der Waals surface area contributed by atoms with Crippen molar-refractivity contribution in [1.82, 2.24) is 19.4 Å². The Bertz CT molecular complexity index is 1310. The number of amides is 1. The maximum atomic E-state index is 14.0. The normalized spacial score (nSPS) is 20.9. The van der Waals surface area contributed by atoms with Crippen LogP contribution in [0, 0.1) is 5.41 Å². The van der Waals surface area contributed by atoms with Crippen LogP contribution in [0.2, 0.25) is 0 Å². The number of nitrogens with zero attached hydrogens (tertiary/aromatic N) is 3. The Balaban J connectivity index is 1.65. The zero-order valence-electron chi connectivity index (χ0n) is 22.8. The van der Waals surface area contributed by atoms with Gasteiger partial charge in [-0.2, -0.15) is 4.72 Å². The molecule has 0 radical (unpaired) electrons. The number of carbonyl (C=O) groups is 2. The summed E-state index contributed by atoms with van der Waals surface area (Å²) in [6, 6.07) is 3.10. The van der Waals surface area contributed by atoms with Gasteiger partial charge in [-0.25, -0.2) is 13.2 Å². The summed E-state index contributed by atoms with van der Waals surface area (Å²) in [5, 5.41) is 7.80. The van der Waals surface area contributed by atoms with Gasteiger partial charge in [0.2, 0.25) is 15.9 Å². The maximum absolute atomic E-state index is 14.0. The third kappa shape index (κ3) is 6.68. The minimum absolute atomic E-state index is 0.0783. The number of hydrogen-bond donors (Lipinski definition) is 3. The minimum Gasteiger partial charge on any atom is -0.467 e. The number of nitrogens with one attached hydrogen (secondary N) is 2. The first kappa shape index (κ1) is 28.8. The molecule has 0 aromatic heterocycles. The number of carbonyl (C=O) groups excluding carboxylic acids is 2. The number of methoxy groups -OCH3 is 1. The fourth-order valence-electron chi connectivity index (χ4n) is 5.38. The second kappa shape index (κ2) is 11.9. The van der Waals surface area contributed by atoms with E-state index in [4.69, 9.17) is 15.9 Å². The topological polar surface area (TPSA) is 149 Å². The lowest BCUT2D eigenvalue weighted by atomic mass is 9.97. The quantitative estimate of drug-likeness (QED) is 0.194. The molecule has 0 saturated carbocycles. The number of sulfonamides is 1. The van der Waals surface area contributed by atoms with Crippen molar-refractivity contribution in [2.24, 2.45) is 5.73 Å². The number of rotatable bonds is 7. The summed E-state index contributed by atoms with van der Waals surface area (Å²) in [5.74, 6) is -1.13. The van der Waals surface area contributed by atoms with Crippen LogP contribution in [0.1, 0.15) is 37.3 Å². The van der Waals surface area contributed by atoms with E-state index in [0.717, 1.165) is 35.2 Å². The van der Waals surface area contributed by atoms with Gasteiger partial charge in [-0.3, -0.25) is 10.2 Å². The second-order valence-corrected chi connectivity index (χ2v) is 12.3. The van der Waals surface area contributed by atoms with Gasteiger partial charge in [0.05, 0.1) is 12.0 Å². The van der Waals surface area contributed by atoms with Crippen molar-refractivity contribution in [3.63, 3.8) is 0 Å². The summed E-state index contributed by atoms with van der Waals surface area (Å²) in [6.07, 6.45) is 5.69. The first-order valence-corrected chi connectivity index (χ1v) is 14.6. The summed E-state index contributed by atoms with van der Waals surface area (Å²) >= 11 is 0. The molecular formula is C27H38N6O5S. The molecule has 39 heavy (non-hydrogen) atoms. The Kier molecular flexibility index (Phi) is 8.77. The van der Waals surface area contributed by atoms with E-state index in [1.807, 2.05) is 32.2 Å². The lowest BCUT2D eigenvalue weighted by Crippen LogP contribution is -2.55. The molecule has 3 aliphatic heterocycles. The average Bonchev–Trinajstić information content (AvgIpc) is 2.91. The molecule has 0 spiro atoms. The number of fused-ring (bicyclic) bond motifs is 1. The minimum atomic E-state index is -4.08.